The van der Waals surface area contributed by atoms with Gasteiger partial charge in [-0.2, -0.15) is 0 Å². The molecular weight excluding hydrogens is 260 g/mol. The highest BCUT2D eigenvalue weighted by molar-refractivity contribution is 7.94. The monoisotopic (exact) mass is 272 g/mol. The minimum atomic E-state index is -3.02. The van der Waals surface area contributed by atoms with Gasteiger partial charge in [-0.05, 0) is 6.07 Å². The molecule has 0 saturated heterocycles. The Morgan fingerprint density at radius 1 is 1.59 bits per heavy atom. The Kier molecular flexibility index (Phi) is 3.32. The van der Waals surface area contributed by atoms with E-state index in [1.807, 2.05) is 0 Å². The number of amides is 1. The molecule has 2 heterocycles. The van der Waals surface area contributed by atoms with Crippen molar-refractivity contribution in [2.24, 2.45) is 5.73 Å². The number of hydrogen-bond donors (Lipinski definition) is 2. The summed E-state index contributed by atoms with van der Waals surface area (Å²) in [5, 5.41) is 6.02. The van der Waals surface area contributed by atoms with E-state index in [1.54, 1.807) is 17.5 Å². The molecule has 3 N–H and O–H groups in total. The number of rotatable bonds is 4. The molecule has 0 spiro atoms. The summed E-state index contributed by atoms with van der Waals surface area (Å²) in [6, 6.07) is 1.56. The van der Waals surface area contributed by atoms with Crippen molar-refractivity contribution in [3.8, 4) is 0 Å². The van der Waals surface area contributed by atoms with Crippen LogP contribution in [0.25, 0.3) is 0 Å². The van der Waals surface area contributed by atoms with Gasteiger partial charge in [0.2, 0.25) is 5.91 Å². The van der Waals surface area contributed by atoms with E-state index in [4.69, 9.17) is 5.73 Å². The first-order valence-corrected chi connectivity index (χ1v) is 7.57. The smallest absolute Gasteiger partial charge is 0.249 e. The maximum atomic E-state index is 11.2. The fraction of sp³-hybridized carbons (Fsp3) is 0.300. The number of thiophene rings is 1. The summed E-state index contributed by atoms with van der Waals surface area (Å²) >= 11 is 1.42. The second kappa shape index (κ2) is 4.59. The molecule has 92 valence electrons. The van der Waals surface area contributed by atoms with Crippen molar-refractivity contribution >= 4 is 27.1 Å². The highest BCUT2D eigenvalue weighted by atomic mass is 32.2. The Balaban J connectivity index is 1.91. The Bertz CT molecular complexity index is 560. The van der Waals surface area contributed by atoms with Crippen molar-refractivity contribution in [2.75, 3.05) is 5.75 Å². The molecule has 1 amide bonds. The lowest BCUT2D eigenvalue weighted by atomic mass is 10.3. The first-order chi connectivity index (χ1) is 7.96. The average Bonchev–Trinajstić information content (AvgIpc) is 2.81. The molecule has 0 aliphatic carbocycles. The van der Waals surface area contributed by atoms with Crippen LogP contribution in [0.1, 0.15) is 15.2 Å². The second-order valence-corrected chi connectivity index (χ2v) is 6.74. The summed E-state index contributed by atoms with van der Waals surface area (Å²) in [6.45, 7) is 0.530. The molecule has 1 aromatic rings. The van der Waals surface area contributed by atoms with E-state index in [1.165, 1.54) is 16.7 Å². The number of nitrogens with two attached hydrogens (primary N) is 1. The fourth-order valence-electron chi connectivity index (χ4n) is 1.54. The number of primary amides is 1. The van der Waals surface area contributed by atoms with Crippen LogP contribution in [-0.2, 0) is 16.4 Å². The Morgan fingerprint density at radius 3 is 2.88 bits per heavy atom. The summed E-state index contributed by atoms with van der Waals surface area (Å²) in [5.41, 5.74) is 5.63. The molecule has 0 bridgehead atoms. The van der Waals surface area contributed by atoms with E-state index in [9.17, 15) is 13.2 Å². The molecule has 17 heavy (non-hydrogen) atoms. The predicted octanol–water partition coefficient (Wildman–Crippen LogP) is 0.247. The van der Waals surface area contributed by atoms with Gasteiger partial charge < -0.3 is 11.1 Å². The third-order valence-electron chi connectivity index (χ3n) is 2.41. The number of carbonyl (C=O) groups is 1. The Labute approximate surface area is 103 Å². The lowest BCUT2D eigenvalue weighted by molar-refractivity contribution is 0.100. The van der Waals surface area contributed by atoms with Gasteiger partial charge in [-0.3, -0.25) is 4.79 Å². The third kappa shape index (κ3) is 3.15. The molecule has 1 aliphatic rings. The summed E-state index contributed by atoms with van der Waals surface area (Å²) in [5.74, 6) is -0.350. The lowest BCUT2D eigenvalue weighted by Gasteiger charge is -2.07. The molecule has 1 aliphatic heterocycles. The predicted molar refractivity (Wildman–Crippen MR) is 66.4 cm³/mol. The van der Waals surface area contributed by atoms with Crippen molar-refractivity contribution in [3.63, 3.8) is 0 Å². The molecule has 1 atom stereocenters. The Hall–Kier alpha value is -1.18. The van der Waals surface area contributed by atoms with Gasteiger partial charge in [0.15, 0.2) is 9.84 Å². The fourth-order valence-corrected chi connectivity index (χ4v) is 3.63. The number of carbonyl (C=O) groups excluding carboxylic acids is 1. The van der Waals surface area contributed by atoms with Gasteiger partial charge >= 0.3 is 0 Å². The van der Waals surface area contributed by atoms with Gasteiger partial charge in [-0.25, -0.2) is 8.42 Å². The van der Waals surface area contributed by atoms with E-state index in [0.717, 1.165) is 4.88 Å². The van der Waals surface area contributed by atoms with Crippen LogP contribution < -0.4 is 11.1 Å². The molecule has 0 fully saturated rings. The maximum absolute atomic E-state index is 11.2. The summed E-state index contributed by atoms with van der Waals surface area (Å²) in [7, 11) is -3.02. The van der Waals surface area contributed by atoms with Gasteiger partial charge in [-0.1, -0.05) is 6.08 Å². The maximum Gasteiger partial charge on any atom is 0.249 e. The van der Waals surface area contributed by atoms with Crippen LogP contribution in [0.5, 0.6) is 0 Å². The minimum absolute atomic E-state index is 0.0983. The molecule has 0 aromatic carbocycles. The zero-order chi connectivity index (χ0) is 12.5. The molecule has 1 aromatic heterocycles. The van der Waals surface area contributed by atoms with Gasteiger partial charge in [0.1, 0.15) is 0 Å². The van der Waals surface area contributed by atoms with Crippen LogP contribution in [0.2, 0.25) is 0 Å². The zero-order valence-electron chi connectivity index (χ0n) is 8.92. The van der Waals surface area contributed by atoms with Crippen molar-refractivity contribution in [1.82, 2.24) is 5.32 Å². The third-order valence-corrected chi connectivity index (χ3v) is 4.74. The van der Waals surface area contributed by atoms with Crippen LogP contribution in [-0.4, -0.2) is 26.1 Å². The largest absolute Gasteiger partial charge is 0.366 e. The van der Waals surface area contributed by atoms with Crippen LogP contribution in [0.4, 0.5) is 0 Å². The van der Waals surface area contributed by atoms with E-state index in [0.29, 0.717) is 12.1 Å². The molecule has 2 rings (SSSR count). The quantitative estimate of drug-likeness (QED) is 0.822. The lowest BCUT2D eigenvalue weighted by Crippen LogP contribution is -2.29. The van der Waals surface area contributed by atoms with Crippen molar-refractivity contribution in [1.29, 1.82) is 0 Å². The molecule has 0 saturated carbocycles. The van der Waals surface area contributed by atoms with E-state index in [-0.39, 0.29) is 11.8 Å². The molecule has 7 heteroatoms. The highest BCUT2D eigenvalue weighted by Crippen LogP contribution is 2.15. The van der Waals surface area contributed by atoms with Crippen LogP contribution >= 0.6 is 11.3 Å². The number of sulfone groups is 1. The molecule has 5 nitrogen and oxygen atoms in total. The van der Waals surface area contributed by atoms with Crippen LogP contribution in [0.3, 0.4) is 0 Å². The highest BCUT2D eigenvalue weighted by Gasteiger charge is 2.21. The minimum Gasteiger partial charge on any atom is -0.366 e. The molecule has 1 unspecified atom stereocenters. The van der Waals surface area contributed by atoms with Crippen LogP contribution in [0, 0.1) is 0 Å². The summed E-state index contributed by atoms with van der Waals surface area (Å²) < 4.78 is 22.3. The van der Waals surface area contributed by atoms with Crippen molar-refractivity contribution < 1.29 is 13.2 Å². The van der Waals surface area contributed by atoms with Gasteiger partial charge in [0.25, 0.3) is 0 Å². The van der Waals surface area contributed by atoms with Crippen molar-refractivity contribution in [2.45, 2.75) is 12.6 Å². The SMILES string of the molecule is NC(=O)c1csc(CNC2C=CS(=O)(=O)C2)c1. The van der Waals surface area contributed by atoms with E-state index >= 15 is 0 Å². The molecule has 0 radical (unpaired) electrons. The van der Waals surface area contributed by atoms with Gasteiger partial charge in [0, 0.05) is 28.3 Å². The number of nitrogens with one attached hydrogen (secondary N) is 1. The molecular formula is C10H12N2O3S2. The zero-order valence-corrected chi connectivity index (χ0v) is 10.6. The average molecular weight is 272 g/mol. The second-order valence-electron chi connectivity index (χ2n) is 3.81. The van der Waals surface area contributed by atoms with E-state index in [2.05, 4.69) is 5.32 Å². The topological polar surface area (TPSA) is 89.3 Å². The standard InChI is InChI=1S/C10H12N2O3S2/c11-10(13)7-3-9(16-5-7)4-12-8-1-2-17(14,15)6-8/h1-3,5,8,12H,4,6H2,(H2,11,13). The van der Waals surface area contributed by atoms with Gasteiger partial charge in [-0.15, -0.1) is 11.3 Å². The first kappa shape index (κ1) is 12.3. The van der Waals surface area contributed by atoms with Crippen LogP contribution in [0.15, 0.2) is 22.9 Å². The Morgan fingerprint density at radius 2 is 2.35 bits per heavy atom. The first-order valence-electron chi connectivity index (χ1n) is 4.98. The van der Waals surface area contributed by atoms with Gasteiger partial charge in [0.05, 0.1) is 11.3 Å². The number of hydrogen-bond acceptors (Lipinski definition) is 5. The van der Waals surface area contributed by atoms with Crippen molar-refractivity contribution in [3.05, 3.63) is 33.4 Å². The summed E-state index contributed by atoms with van der Waals surface area (Å²) in [4.78, 5) is 11.8. The summed E-state index contributed by atoms with van der Waals surface area (Å²) in [6.07, 6.45) is 1.64. The van der Waals surface area contributed by atoms with E-state index < -0.39 is 15.7 Å². The normalized spacial score (nSPS) is 21.8.